The molecule has 2 N–H and O–H groups in total. The van der Waals surface area contributed by atoms with Crippen LogP contribution in [0, 0.1) is 6.92 Å². The Hall–Kier alpha value is -3.11. The van der Waals surface area contributed by atoms with Gasteiger partial charge in [0.1, 0.15) is 5.75 Å². The molecule has 0 aliphatic carbocycles. The minimum Gasteiger partial charge on any atom is -0.507 e. The molecule has 0 unspecified atom stereocenters. The van der Waals surface area contributed by atoms with Crippen LogP contribution in [0.2, 0.25) is 5.02 Å². The number of anilines is 1. The van der Waals surface area contributed by atoms with Gasteiger partial charge in [0.2, 0.25) is 0 Å². The van der Waals surface area contributed by atoms with Gasteiger partial charge in [-0.3, -0.25) is 9.79 Å². The van der Waals surface area contributed by atoms with Crippen LogP contribution in [-0.4, -0.2) is 17.2 Å². The van der Waals surface area contributed by atoms with Gasteiger partial charge in [-0.05, 0) is 61.5 Å². The molecule has 0 bridgehead atoms. The van der Waals surface area contributed by atoms with Gasteiger partial charge in [-0.25, -0.2) is 0 Å². The van der Waals surface area contributed by atoms with Crippen molar-refractivity contribution in [3.8, 4) is 5.75 Å². The Balaban J connectivity index is 1.69. The Bertz CT molecular complexity index is 966. The molecule has 0 aromatic heterocycles. The van der Waals surface area contributed by atoms with Gasteiger partial charge in [0.05, 0.1) is 5.69 Å². The van der Waals surface area contributed by atoms with E-state index in [0.29, 0.717) is 27.5 Å². The SMILES string of the molecule is Cc1cccc(C(=O)Nc2ccc(N=Cc3cc(Cl)ccc3O)cc2)c1. The number of rotatable bonds is 4. The summed E-state index contributed by atoms with van der Waals surface area (Å²) in [7, 11) is 0. The third-order valence-electron chi connectivity index (χ3n) is 3.75. The molecule has 0 spiro atoms. The molecule has 3 aromatic carbocycles. The van der Waals surface area contributed by atoms with Gasteiger partial charge >= 0.3 is 0 Å². The summed E-state index contributed by atoms with van der Waals surface area (Å²) in [5, 5.41) is 13.2. The maximum atomic E-state index is 12.3. The molecule has 3 rings (SSSR count). The van der Waals surface area contributed by atoms with Gasteiger partial charge in [-0.1, -0.05) is 29.3 Å². The minimum absolute atomic E-state index is 0.111. The second kappa shape index (κ2) is 7.85. The van der Waals surface area contributed by atoms with Crippen molar-refractivity contribution in [2.45, 2.75) is 6.92 Å². The van der Waals surface area contributed by atoms with E-state index in [1.807, 2.05) is 25.1 Å². The Morgan fingerprint density at radius 3 is 2.58 bits per heavy atom. The van der Waals surface area contributed by atoms with Gasteiger partial charge in [-0.2, -0.15) is 0 Å². The van der Waals surface area contributed by atoms with E-state index in [0.717, 1.165) is 5.56 Å². The monoisotopic (exact) mass is 364 g/mol. The number of amides is 1. The first-order valence-corrected chi connectivity index (χ1v) is 8.40. The van der Waals surface area contributed by atoms with Crippen molar-refractivity contribution >= 4 is 35.1 Å². The molecular weight excluding hydrogens is 348 g/mol. The average molecular weight is 365 g/mol. The Labute approximate surface area is 156 Å². The van der Waals surface area contributed by atoms with Gasteiger partial charge in [0, 0.05) is 28.1 Å². The summed E-state index contributed by atoms with van der Waals surface area (Å²) >= 11 is 5.92. The highest BCUT2D eigenvalue weighted by Crippen LogP contribution is 2.22. The first-order chi connectivity index (χ1) is 12.5. The number of aliphatic imine (C=N–C) groups is 1. The number of hydrogen-bond acceptors (Lipinski definition) is 3. The second-order valence-electron chi connectivity index (χ2n) is 5.83. The predicted octanol–water partition coefficient (Wildman–Crippen LogP) is 5.36. The lowest BCUT2D eigenvalue weighted by Crippen LogP contribution is -2.11. The van der Waals surface area contributed by atoms with Gasteiger partial charge in [0.25, 0.3) is 5.91 Å². The lowest BCUT2D eigenvalue weighted by molar-refractivity contribution is 0.102. The molecule has 130 valence electrons. The van der Waals surface area contributed by atoms with Crippen molar-refractivity contribution in [1.29, 1.82) is 0 Å². The molecule has 0 radical (unpaired) electrons. The van der Waals surface area contributed by atoms with Gasteiger partial charge in [-0.15, -0.1) is 0 Å². The Morgan fingerprint density at radius 1 is 1.08 bits per heavy atom. The average Bonchev–Trinajstić information content (AvgIpc) is 2.63. The summed E-state index contributed by atoms with van der Waals surface area (Å²) in [5.41, 5.74) is 3.56. The van der Waals surface area contributed by atoms with Gasteiger partial charge < -0.3 is 10.4 Å². The van der Waals surface area contributed by atoms with E-state index in [1.165, 1.54) is 6.07 Å². The third kappa shape index (κ3) is 4.49. The molecule has 3 aromatic rings. The number of nitrogens with zero attached hydrogens (tertiary/aromatic N) is 1. The van der Waals surface area contributed by atoms with Crippen LogP contribution in [0.4, 0.5) is 11.4 Å². The van der Waals surface area contributed by atoms with Crippen LogP contribution in [0.1, 0.15) is 21.5 Å². The zero-order valence-electron chi connectivity index (χ0n) is 14.1. The van der Waals surface area contributed by atoms with E-state index in [9.17, 15) is 9.90 Å². The van der Waals surface area contributed by atoms with Crippen molar-refractivity contribution in [3.05, 3.63) is 88.4 Å². The van der Waals surface area contributed by atoms with Crippen LogP contribution < -0.4 is 5.32 Å². The topological polar surface area (TPSA) is 61.7 Å². The van der Waals surface area contributed by atoms with Crippen molar-refractivity contribution in [2.75, 3.05) is 5.32 Å². The molecule has 0 saturated heterocycles. The van der Waals surface area contributed by atoms with Crippen LogP contribution >= 0.6 is 11.6 Å². The summed E-state index contributed by atoms with van der Waals surface area (Å²) in [4.78, 5) is 16.6. The van der Waals surface area contributed by atoms with Crippen molar-refractivity contribution < 1.29 is 9.90 Å². The van der Waals surface area contributed by atoms with Crippen molar-refractivity contribution in [3.63, 3.8) is 0 Å². The summed E-state index contributed by atoms with van der Waals surface area (Å²) in [6, 6.07) is 19.3. The zero-order valence-corrected chi connectivity index (χ0v) is 14.9. The lowest BCUT2D eigenvalue weighted by Gasteiger charge is -2.06. The minimum atomic E-state index is -0.159. The number of phenols is 1. The summed E-state index contributed by atoms with van der Waals surface area (Å²) in [5.74, 6) is -0.0472. The highest BCUT2D eigenvalue weighted by molar-refractivity contribution is 6.30. The van der Waals surface area contributed by atoms with Gasteiger partial charge in [0.15, 0.2) is 0 Å². The largest absolute Gasteiger partial charge is 0.507 e. The number of halogens is 1. The predicted molar refractivity (Wildman–Crippen MR) is 106 cm³/mol. The quantitative estimate of drug-likeness (QED) is 0.612. The first kappa shape index (κ1) is 17.7. The Morgan fingerprint density at radius 2 is 1.85 bits per heavy atom. The molecule has 0 atom stereocenters. The molecule has 4 nitrogen and oxygen atoms in total. The third-order valence-corrected chi connectivity index (χ3v) is 3.98. The molecule has 0 aliphatic rings. The van der Waals surface area contributed by atoms with E-state index < -0.39 is 0 Å². The van der Waals surface area contributed by atoms with E-state index in [4.69, 9.17) is 11.6 Å². The number of carbonyl (C=O) groups excluding carboxylic acids is 1. The number of phenolic OH excluding ortho intramolecular Hbond substituents is 1. The Kier molecular flexibility index (Phi) is 5.34. The molecule has 26 heavy (non-hydrogen) atoms. The smallest absolute Gasteiger partial charge is 0.255 e. The molecule has 5 heteroatoms. The van der Waals surface area contributed by atoms with Crippen LogP contribution in [0.5, 0.6) is 5.75 Å². The number of nitrogens with one attached hydrogen (secondary N) is 1. The zero-order chi connectivity index (χ0) is 18.5. The van der Waals surface area contributed by atoms with E-state index in [-0.39, 0.29) is 11.7 Å². The summed E-state index contributed by atoms with van der Waals surface area (Å²) in [6.07, 6.45) is 1.54. The van der Waals surface area contributed by atoms with E-state index >= 15 is 0 Å². The maximum Gasteiger partial charge on any atom is 0.255 e. The summed E-state index contributed by atoms with van der Waals surface area (Å²) < 4.78 is 0. The van der Waals surface area contributed by atoms with Crippen LogP contribution in [0.3, 0.4) is 0 Å². The van der Waals surface area contributed by atoms with Crippen LogP contribution in [0.25, 0.3) is 0 Å². The second-order valence-corrected chi connectivity index (χ2v) is 6.27. The molecule has 0 heterocycles. The lowest BCUT2D eigenvalue weighted by atomic mass is 10.1. The molecule has 0 aliphatic heterocycles. The fraction of sp³-hybridized carbons (Fsp3) is 0.0476. The highest BCUT2D eigenvalue weighted by atomic mass is 35.5. The fourth-order valence-electron chi connectivity index (χ4n) is 2.39. The van der Waals surface area contributed by atoms with E-state index in [1.54, 1.807) is 48.7 Å². The van der Waals surface area contributed by atoms with Crippen molar-refractivity contribution in [2.24, 2.45) is 4.99 Å². The van der Waals surface area contributed by atoms with Crippen molar-refractivity contribution in [1.82, 2.24) is 0 Å². The molecule has 1 amide bonds. The number of carbonyl (C=O) groups is 1. The van der Waals surface area contributed by atoms with E-state index in [2.05, 4.69) is 10.3 Å². The molecule has 0 fully saturated rings. The number of aromatic hydroxyl groups is 1. The molecule has 0 saturated carbocycles. The normalized spacial score (nSPS) is 10.8. The fourth-order valence-corrected chi connectivity index (χ4v) is 2.57. The number of benzene rings is 3. The highest BCUT2D eigenvalue weighted by Gasteiger charge is 2.06. The number of aryl methyl sites for hydroxylation is 1. The standard InChI is InChI=1S/C21H17ClN2O2/c1-14-3-2-4-15(11-14)21(26)24-19-8-6-18(7-9-19)23-13-16-12-17(22)5-10-20(16)25/h2-13,25H,1H3,(H,24,26). The summed E-state index contributed by atoms with van der Waals surface area (Å²) in [6.45, 7) is 1.95. The van der Waals surface area contributed by atoms with Crippen LogP contribution in [0.15, 0.2) is 71.7 Å². The first-order valence-electron chi connectivity index (χ1n) is 8.02. The van der Waals surface area contributed by atoms with Crippen LogP contribution in [-0.2, 0) is 0 Å². The number of hydrogen-bond donors (Lipinski definition) is 2. The molecular formula is C21H17ClN2O2. The maximum absolute atomic E-state index is 12.3.